The van der Waals surface area contributed by atoms with Crippen molar-refractivity contribution in [2.24, 2.45) is 0 Å². The number of ether oxygens (including phenoxy) is 4. The number of carbonyl (C=O) groups excluding carboxylic acids is 2. The SMILES string of the molecule is COc1ccc2cc1OCCn1cc(nn1)CO[C@H]1CN(C(=O)CN3CCOc4ccccc4C3)C[C@@H]1NC2=O. The van der Waals surface area contributed by atoms with E-state index < -0.39 is 12.1 Å². The van der Waals surface area contributed by atoms with Crippen LogP contribution in [0.15, 0.2) is 48.7 Å². The van der Waals surface area contributed by atoms with E-state index in [1.54, 1.807) is 41.1 Å². The molecular weight excluding hydrogens is 516 g/mol. The van der Waals surface area contributed by atoms with Gasteiger partial charge < -0.3 is 29.2 Å². The van der Waals surface area contributed by atoms with Crippen LogP contribution in [0.2, 0.25) is 0 Å². The molecule has 4 heterocycles. The molecule has 2 amide bonds. The first-order valence-corrected chi connectivity index (χ1v) is 13.4. The normalized spacial score (nSPS) is 21.4. The first kappa shape index (κ1) is 26.1. The fourth-order valence-electron chi connectivity index (χ4n) is 5.23. The maximum atomic E-state index is 13.4. The summed E-state index contributed by atoms with van der Waals surface area (Å²) in [6, 6.07) is 12.5. The van der Waals surface area contributed by atoms with E-state index in [0.717, 1.165) is 11.3 Å². The summed E-state index contributed by atoms with van der Waals surface area (Å²) in [4.78, 5) is 30.6. The van der Waals surface area contributed by atoms with Crippen LogP contribution >= 0.6 is 0 Å². The molecule has 2 aromatic carbocycles. The molecule has 0 saturated carbocycles. The first-order chi connectivity index (χ1) is 19.6. The lowest BCUT2D eigenvalue weighted by molar-refractivity contribution is -0.132. The van der Waals surface area contributed by atoms with Crippen molar-refractivity contribution in [3.05, 3.63) is 65.5 Å². The maximum absolute atomic E-state index is 13.4. The van der Waals surface area contributed by atoms with Crippen LogP contribution in [0.4, 0.5) is 0 Å². The second-order valence-electron chi connectivity index (χ2n) is 10.1. The van der Waals surface area contributed by atoms with Gasteiger partial charge >= 0.3 is 0 Å². The highest BCUT2D eigenvalue weighted by Gasteiger charge is 2.38. The van der Waals surface area contributed by atoms with Gasteiger partial charge in [-0.05, 0) is 24.3 Å². The van der Waals surface area contributed by atoms with Crippen molar-refractivity contribution >= 4 is 11.8 Å². The maximum Gasteiger partial charge on any atom is 0.251 e. The van der Waals surface area contributed by atoms with E-state index in [2.05, 4.69) is 20.5 Å². The van der Waals surface area contributed by atoms with Gasteiger partial charge in [-0.15, -0.1) is 5.10 Å². The largest absolute Gasteiger partial charge is 0.493 e. The van der Waals surface area contributed by atoms with Crippen LogP contribution in [0.3, 0.4) is 0 Å². The number of amides is 2. The molecule has 6 rings (SSSR count). The molecule has 12 heteroatoms. The van der Waals surface area contributed by atoms with Gasteiger partial charge in [-0.3, -0.25) is 14.5 Å². The number of fused-ring (bicyclic) bond motifs is 6. The molecule has 4 bridgehead atoms. The van der Waals surface area contributed by atoms with Gasteiger partial charge in [0.2, 0.25) is 5.91 Å². The topological polar surface area (TPSA) is 120 Å². The zero-order valence-corrected chi connectivity index (χ0v) is 22.3. The van der Waals surface area contributed by atoms with Crippen molar-refractivity contribution < 1.29 is 28.5 Å². The van der Waals surface area contributed by atoms with Crippen molar-refractivity contribution in [2.75, 3.05) is 46.5 Å². The van der Waals surface area contributed by atoms with Crippen LogP contribution in [0.5, 0.6) is 17.2 Å². The van der Waals surface area contributed by atoms with Gasteiger partial charge in [0.25, 0.3) is 5.91 Å². The van der Waals surface area contributed by atoms with Gasteiger partial charge in [0, 0.05) is 37.3 Å². The van der Waals surface area contributed by atoms with E-state index in [4.69, 9.17) is 18.9 Å². The van der Waals surface area contributed by atoms with E-state index in [1.165, 1.54) is 0 Å². The molecule has 12 nitrogen and oxygen atoms in total. The number of aromatic nitrogens is 3. The van der Waals surface area contributed by atoms with Crippen molar-refractivity contribution in [2.45, 2.75) is 31.8 Å². The zero-order chi connectivity index (χ0) is 27.5. The Bertz CT molecular complexity index is 1380. The number of carbonyl (C=O) groups is 2. The number of likely N-dealkylation sites (tertiary alicyclic amines) is 1. The predicted octanol–water partition coefficient (Wildman–Crippen LogP) is 1.10. The summed E-state index contributed by atoms with van der Waals surface area (Å²) >= 11 is 0. The molecule has 0 unspecified atom stereocenters. The van der Waals surface area contributed by atoms with Gasteiger partial charge in [0.05, 0.1) is 45.1 Å². The number of nitrogens with zero attached hydrogens (tertiary/aromatic N) is 5. The van der Waals surface area contributed by atoms with Crippen LogP contribution in [0, 0.1) is 0 Å². The van der Waals surface area contributed by atoms with E-state index in [9.17, 15) is 9.59 Å². The molecular formula is C28H32N6O6. The minimum absolute atomic E-state index is 0.0230. The van der Waals surface area contributed by atoms with Crippen molar-refractivity contribution in [1.82, 2.24) is 30.1 Å². The summed E-state index contributed by atoms with van der Waals surface area (Å²) in [7, 11) is 1.55. The van der Waals surface area contributed by atoms with E-state index in [-0.39, 0.29) is 25.0 Å². The summed E-state index contributed by atoms with van der Waals surface area (Å²) in [6.45, 7) is 3.73. The molecule has 1 fully saturated rings. The molecule has 3 aliphatic heterocycles. The predicted molar refractivity (Wildman–Crippen MR) is 142 cm³/mol. The third-order valence-corrected chi connectivity index (χ3v) is 7.36. The van der Waals surface area contributed by atoms with Gasteiger partial charge in [0.1, 0.15) is 24.7 Å². The Balaban J connectivity index is 1.19. The molecule has 3 aliphatic rings. The third kappa shape index (κ3) is 5.73. The summed E-state index contributed by atoms with van der Waals surface area (Å²) < 4.78 is 25.1. The van der Waals surface area contributed by atoms with Gasteiger partial charge in [-0.25, -0.2) is 4.68 Å². The molecule has 210 valence electrons. The number of hydrogen-bond acceptors (Lipinski definition) is 9. The number of benzene rings is 2. The highest BCUT2D eigenvalue weighted by atomic mass is 16.5. The number of nitrogens with one attached hydrogen (secondary N) is 1. The lowest BCUT2D eigenvalue weighted by Gasteiger charge is -2.23. The summed E-state index contributed by atoms with van der Waals surface area (Å²) in [5, 5.41) is 11.4. The molecule has 40 heavy (non-hydrogen) atoms. The third-order valence-electron chi connectivity index (χ3n) is 7.36. The summed E-state index contributed by atoms with van der Waals surface area (Å²) in [5.74, 6) is 1.55. The Morgan fingerprint density at radius 2 is 1.95 bits per heavy atom. The molecule has 0 radical (unpaired) electrons. The second-order valence-corrected chi connectivity index (χ2v) is 10.1. The van der Waals surface area contributed by atoms with Crippen LogP contribution < -0.4 is 19.5 Å². The molecule has 0 aliphatic carbocycles. The minimum Gasteiger partial charge on any atom is -0.493 e. The molecule has 1 aromatic heterocycles. The Kier molecular flexibility index (Phi) is 7.51. The van der Waals surface area contributed by atoms with Gasteiger partial charge in [-0.2, -0.15) is 0 Å². The first-order valence-electron chi connectivity index (χ1n) is 13.4. The van der Waals surface area contributed by atoms with Crippen LogP contribution in [-0.4, -0.2) is 95.3 Å². The smallest absolute Gasteiger partial charge is 0.251 e. The minimum atomic E-state index is -0.412. The van der Waals surface area contributed by atoms with Crippen molar-refractivity contribution in [3.8, 4) is 17.2 Å². The highest BCUT2D eigenvalue weighted by Crippen LogP contribution is 2.29. The average Bonchev–Trinajstić information content (AvgIpc) is 3.53. The fraction of sp³-hybridized carbons (Fsp3) is 0.429. The second kappa shape index (κ2) is 11.5. The summed E-state index contributed by atoms with van der Waals surface area (Å²) in [6.07, 6.45) is 1.40. The monoisotopic (exact) mass is 548 g/mol. The Morgan fingerprint density at radius 1 is 1.10 bits per heavy atom. The molecule has 3 aromatic rings. The Morgan fingerprint density at radius 3 is 2.85 bits per heavy atom. The Hall–Kier alpha value is -4.16. The standard InChI is InChI=1S/C28H32N6O6/c1-37-24-7-6-19-12-25(24)39-11-9-34-14-21(30-31-34)18-40-26-16-33(15-22(26)29-28(19)36)27(35)17-32-8-10-38-23-5-3-2-4-20(23)13-32/h2-7,12,14,22,26H,8-11,13,15-18H2,1H3,(H,29,36)/t22-,26-/m0/s1. The summed E-state index contributed by atoms with van der Waals surface area (Å²) in [5.41, 5.74) is 2.15. The highest BCUT2D eigenvalue weighted by molar-refractivity contribution is 5.95. The zero-order valence-electron chi connectivity index (χ0n) is 22.3. The van der Waals surface area contributed by atoms with Crippen LogP contribution in [0.1, 0.15) is 21.6 Å². The van der Waals surface area contributed by atoms with Gasteiger partial charge in [0.15, 0.2) is 11.5 Å². The Labute approximate surface area is 231 Å². The number of rotatable bonds is 3. The number of hydrogen-bond donors (Lipinski definition) is 1. The van der Waals surface area contributed by atoms with E-state index in [1.807, 2.05) is 24.3 Å². The van der Waals surface area contributed by atoms with Crippen molar-refractivity contribution in [1.29, 1.82) is 0 Å². The number of methoxy groups -OCH3 is 1. The lowest BCUT2D eigenvalue weighted by atomic mass is 10.1. The lowest BCUT2D eigenvalue weighted by Crippen LogP contribution is -2.44. The molecule has 1 N–H and O–H groups in total. The van der Waals surface area contributed by atoms with Gasteiger partial charge in [-0.1, -0.05) is 23.4 Å². The van der Waals surface area contributed by atoms with E-state index >= 15 is 0 Å². The van der Waals surface area contributed by atoms with Crippen LogP contribution in [0.25, 0.3) is 0 Å². The average molecular weight is 549 g/mol. The fourth-order valence-corrected chi connectivity index (χ4v) is 5.23. The van der Waals surface area contributed by atoms with E-state index in [0.29, 0.717) is 68.7 Å². The number of para-hydroxylation sites is 1. The molecule has 2 atom stereocenters. The quantitative estimate of drug-likeness (QED) is 0.513. The van der Waals surface area contributed by atoms with Crippen LogP contribution in [-0.2, 0) is 29.2 Å². The molecule has 0 spiro atoms. The van der Waals surface area contributed by atoms with Crippen molar-refractivity contribution in [3.63, 3.8) is 0 Å². The molecule has 1 saturated heterocycles.